The Balaban J connectivity index is 4.33. The number of aliphatic hydroxyl groups is 1. The molecule has 0 fully saturated rings. The lowest BCUT2D eigenvalue weighted by molar-refractivity contribution is -0.870. The van der Waals surface area contributed by atoms with E-state index in [9.17, 15) is 19.4 Å². The van der Waals surface area contributed by atoms with Gasteiger partial charge in [0.2, 0.25) is 5.91 Å². The van der Waals surface area contributed by atoms with Gasteiger partial charge in [-0.05, 0) is 44.9 Å². The summed E-state index contributed by atoms with van der Waals surface area (Å²) >= 11 is 0. The first-order valence-corrected chi connectivity index (χ1v) is 20.3. The lowest BCUT2D eigenvalue weighted by atomic mass is 10.1. The number of unbranched alkanes of at least 4 members (excludes halogenated alkanes) is 16. The highest BCUT2D eigenvalue weighted by Gasteiger charge is 2.23. The van der Waals surface area contributed by atoms with Gasteiger partial charge in [0.25, 0.3) is 7.82 Å². The van der Waals surface area contributed by atoms with Crippen molar-refractivity contribution in [3.63, 3.8) is 0 Å². The lowest BCUT2D eigenvalue weighted by Gasteiger charge is -2.29. The van der Waals surface area contributed by atoms with E-state index in [-0.39, 0.29) is 12.5 Å². The molecule has 0 saturated heterocycles. The molecule has 3 unspecified atom stereocenters. The van der Waals surface area contributed by atoms with Crippen LogP contribution in [0.4, 0.5) is 0 Å². The zero-order valence-electron chi connectivity index (χ0n) is 31.0. The van der Waals surface area contributed by atoms with Crippen LogP contribution < -0.4 is 10.2 Å². The van der Waals surface area contributed by atoms with E-state index in [0.717, 1.165) is 51.4 Å². The Morgan fingerprint density at radius 2 is 1.19 bits per heavy atom. The highest BCUT2D eigenvalue weighted by atomic mass is 31.2. The van der Waals surface area contributed by atoms with E-state index in [1.54, 1.807) is 6.08 Å². The predicted octanol–water partition coefficient (Wildman–Crippen LogP) is 8.94. The standard InChI is InChI=1S/C38H73N2O6P/c1-6-8-10-12-13-14-15-16-17-18-19-20-21-22-23-24-25-26-27-28-29-31-37(41)36(39-38(42)32-30-11-9-7-2)35-46-47(43,44)45-34-33-40(3,4)5/h21-22,25-26,29,31,36-37,41H,6-20,23-24,27-28,30,32-35H2,1-5H3,(H-,39,42,43,44)/b22-21+,26-25+,31-29+. The average Bonchev–Trinajstić information content (AvgIpc) is 3.01. The minimum atomic E-state index is -4.58. The molecule has 0 rings (SSSR count). The van der Waals surface area contributed by atoms with Crippen LogP contribution in [0.25, 0.3) is 0 Å². The van der Waals surface area contributed by atoms with Crippen molar-refractivity contribution < 1.29 is 32.9 Å². The molecule has 0 aliphatic heterocycles. The van der Waals surface area contributed by atoms with Crippen molar-refractivity contribution in [1.82, 2.24) is 5.32 Å². The molecule has 47 heavy (non-hydrogen) atoms. The molecule has 3 atom stereocenters. The third kappa shape index (κ3) is 33.0. The van der Waals surface area contributed by atoms with Gasteiger partial charge in [0.1, 0.15) is 13.2 Å². The molecular weight excluding hydrogens is 611 g/mol. The molecular formula is C38H73N2O6P. The van der Waals surface area contributed by atoms with Crippen LogP contribution >= 0.6 is 7.82 Å². The van der Waals surface area contributed by atoms with E-state index in [1.807, 2.05) is 27.2 Å². The molecule has 0 aliphatic carbocycles. The fraction of sp³-hybridized carbons (Fsp3) is 0.816. The number of likely N-dealkylation sites (N-methyl/N-ethyl adjacent to an activating group) is 1. The van der Waals surface area contributed by atoms with Crippen molar-refractivity contribution in [1.29, 1.82) is 0 Å². The van der Waals surface area contributed by atoms with E-state index in [1.165, 1.54) is 77.0 Å². The fourth-order valence-electron chi connectivity index (χ4n) is 5.00. The summed E-state index contributed by atoms with van der Waals surface area (Å²) < 4.78 is 22.9. The maximum absolute atomic E-state index is 12.5. The molecule has 0 radical (unpaired) electrons. The second-order valence-electron chi connectivity index (χ2n) is 13.9. The number of quaternary nitrogens is 1. The minimum Gasteiger partial charge on any atom is -0.756 e. The number of phosphoric acid groups is 1. The summed E-state index contributed by atoms with van der Waals surface area (Å²) in [6.45, 7) is 4.46. The normalized spacial score (nSPS) is 15.1. The van der Waals surface area contributed by atoms with Gasteiger partial charge >= 0.3 is 0 Å². The van der Waals surface area contributed by atoms with Crippen LogP contribution in [0, 0.1) is 0 Å². The summed E-state index contributed by atoms with van der Waals surface area (Å²) in [6.07, 6.45) is 35.4. The van der Waals surface area contributed by atoms with Crippen molar-refractivity contribution in [2.75, 3.05) is 40.9 Å². The van der Waals surface area contributed by atoms with Gasteiger partial charge in [-0.15, -0.1) is 0 Å². The van der Waals surface area contributed by atoms with Crippen molar-refractivity contribution in [3.05, 3.63) is 36.5 Å². The number of nitrogens with zero attached hydrogens (tertiary/aromatic N) is 1. The number of phosphoric ester groups is 1. The summed E-state index contributed by atoms with van der Waals surface area (Å²) in [5.74, 6) is -0.232. The summed E-state index contributed by atoms with van der Waals surface area (Å²) in [5, 5.41) is 13.5. The molecule has 0 saturated carbocycles. The van der Waals surface area contributed by atoms with Gasteiger partial charge in [-0.1, -0.05) is 134 Å². The number of aliphatic hydroxyl groups excluding tert-OH is 1. The minimum absolute atomic E-state index is 0.00949. The topological polar surface area (TPSA) is 108 Å². The zero-order valence-corrected chi connectivity index (χ0v) is 31.9. The van der Waals surface area contributed by atoms with Crippen molar-refractivity contribution >= 4 is 13.7 Å². The highest BCUT2D eigenvalue weighted by molar-refractivity contribution is 7.45. The number of carbonyl (C=O) groups is 1. The van der Waals surface area contributed by atoms with Crippen LogP contribution in [-0.2, 0) is 18.4 Å². The molecule has 0 aliphatic rings. The van der Waals surface area contributed by atoms with E-state index in [2.05, 4.69) is 43.5 Å². The van der Waals surface area contributed by atoms with Crippen LogP contribution in [0.1, 0.15) is 149 Å². The maximum Gasteiger partial charge on any atom is 0.268 e. The summed E-state index contributed by atoms with van der Waals surface area (Å²) in [5.41, 5.74) is 0. The van der Waals surface area contributed by atoms with Crippen LogP contribution in [0.3, 0.4) is 0 Å². The predicted molar refractivity (Wildman–Crippen MR) is 196 cm³/mol. The number of amides is 1. The lowest BCUT2D eigenvalue weighted by Crippen LogP contribution is -2.45. The summed E-state index contributed by atoms with van der Waals surface area (Å²) in [4.78, 5) is 24.8. The molecule has 9 heteroatoms. The largest absolute Gasteiger partial charge is 0.756 e. The molecule has 0 aromatic carbocycles. The second-order valence-corrected chi connectivity index (χ2v) is 15.3. The SMILES string of the molecule is CCCCCCCCCCCCC/C=C/CC/C=C/CC/C=C/C(O)C(COP(=O)([O-])OCC[N+](C)(C)C)NC(=O)CCCCCC. The molecule has 8 nitrogen and oxygen atoms in total. The van der Waals surface area contributed by atoms with E-state index in [0.29, 0.717) is 17.4 Å². The molecule has 276 valence electrons. The van der Waals surface area contributed by atoms with Gasteiger partial charge in [0.15, 0.2) is 0 Å². The van der Waals surface area contributed by atoms with Crippen LogP contribution in [-0.4, -0.2) is 68.5 Å². The summed E-state index contributed by atoms with van der Waals surface area (Å²) in [7, 11) is 1.23. The molecule has 0 aromatic rings. The van der Waals surface area contributed by atoms with Crippen LogP contribution in [0.2, 0.25) is 0 Å². The Hall–Kier alpha value is -1.28. The Labute approximate surface area is 289 Å². The zero-order chi connectivity index (χ0) is 35.1. The van der Waals surface area contributed by atoms with Crippen molar-refractivity contribution in [2.45, 2.75) is 161 Å². The van der Waals surface area contributed by atoms with Crippen LogP contribution in [0.15, 0.2) is 36.5 Å². The molecule has 0 bridgehead atoms. The molecule has 2 N–H and O–H groups in total. The first-order valence-electron chi connectivity index (χ1n) is 18.9. The molecule has 0 aromatic heterocycles. The number of allylic oxidation sites excluding steroid dienone is 5. The first kappa shape index (κ1) is 45.7. The smallest absolute Gasteiger partial charge is 0.268 e. The first-order chi connectivity index (χ1) is 22.5. The van der Waals surface area contributed by atoms with Gasteiger partial charge in [-0.2, -0.15) is 0 Å². The third-order valence-corrected chi connectivity index (χ3v) is 9.04. The highest BCUT2D eigenvalue weighted by Crippen LogP contribution is 2.38. The van der Waals surface area contributed by atoms with Gasteiger partial charge in [0, 0.05) is 6.42 Å². The molecule has 1 amide bonds. The Morgan fingerprint density at radius 3 is 1.72 bits per heavy atom. The van der Waals surface area contributed by atoms with E-state index < -0.39 is 26.6 Å². The average molecular weight is 685 g/mol. The number of hydrogen-bond acceptors (Lipinski definition) is 6. The van der Waals surface area contributed by atoms with E-state index in [4.69, 9.17) is 9.05 Å². The Morgan fingerprint density at radius 1 is 0.723 bits per heavy atom. The quantitative estimate of drug-likeness (QED) is 0.0309. The molecule has 0 spiro atoms. The van der Waals surface area contributed by atoms with Crippen molar-refractivity contribution in [2.24, 2.45) is 0 Å². The van der Waals surface area contributed by atoms with Gasteiger partial charge in [-0.3, -0.25) is 9.36 Å². The number of rotatable bonds is 33. The number of nitrogens with one attached hydrogen (secondary N) is 1. The van der Waals surface area contributed by atoms with Gasteiger partial charge < -0.3 is 28.8 Å². The summed E-state index contributed by atoms with van der Waals surface area (Å²) in [6, 6.07) is -0.901. The number of hydrogen-bond donors (Lipinski definition) is 2. The second kappa shape index (κ2) is 30.8. The maximum atomic E-state index is 12.5. The van der Waals surface area contributed by atoms with Crippen LogP contribution in [0.5, 0.6) is 0 Å². The number of carbonyl (C=O) groups excluding carboxylic acids is 1. The molecule has 0 heterocycles. The Bertz CT molecular complexity index is 871. The monoisotopic (exact) mass is 685 g/mol. The Kier molecular flexibility index (Phi) is 29.9. The third-order valence-electron chi connectivity index (χ3n) is 8.08. The fourth-order valence-corrected chi connectivity index (χ4v) is 5.73. The van der Waals surface area contributed by atoms with Gasteiger partial charge in [0.05, 0.1) is 39.9 Å². The van der Waals surface area contributed by atoms with E-state index >= 15 is 0 Å². The van der Waals surface area contributed by atoms with Gasteiger partial charge in [-0.25, -0.2) is 0 Å². The van der Waals surface area contributed by atoms with Crippen molar-refractivity contribution in [3.8, 4) is 0 Å².